The lowest BCUT2D eigenvalue weighted by Gasteiger charge is -2.49. The number of piperidine rings is 2. The van der Waals surface area contributed by atoms with Crippen LogP contribution in [0, 0.1) is 0 Å². The van der Waals surface area contributed by atoms with Crippen molar-refractivity contribution in [1.29, 1.82) is 0 Å². The van der Waals surface area contributed by atoms with Crippen molar-refractivity contribution >= 4 is 5.91 Å². The molecule has 2 aliphatic heterocycles. The van der Waals surface area contributed by atoms with E-state index < -0.39 is 0 Å². The lowest BCUT2D eigenvalue weighted by molar-refractivity contribution is 0.0172. The van der Waals surface area contributed by atoms with Gasteiger partial charge in [0.1, 0.15) is 5.75 Å². The van der Waals surface area contributed by atoms with Crippen LogP contribution in [0.15, 0.2) is 54.6 Å². The zero-order chi connectivity index (χ0) is 18.6. The Balaban J connectivity index is 1.44. The summed E-state index contributed by atoms with van der Waals surface area (Å²) in [6.07, 6.45) is 5.78. The third kappa shape index (κ3) is 4.01. The van der Waals surface area contributed by atoms with Gasteiger partial charge in [-0.25, -0.2) is 0 Å². The van der Waals surface area contributed by atoms with Gasteiger partial charge in [0.25, 0.3) is 5.91 Å². The summed E-state index contributed by atoms with van der Waals surface area (Å²) in [6, 6.07) is 19.2. The fourth-order valence-corrected chi connectivity index (χ4v) is 4.74. The molecule has 2 unspecified atom stereocenters. The molecule has 0 spiro atoms. The molecule has 0 saturated carbocycles. The standard InChI is InChI=1S/C23H28N2O2/c1-27-22-13-6-5-10-18(22)16-25-20-11-7-12-21(25)15-19(14-20)24-23(26)17-8-3-2-4-9-17/h2-6,8-10,13,19-21H,7,11-12,14-16H2,1H3,(H,24,26). The average Bonchev–Trinajstić information content (AvgIpc) is 2.69. The molecule has 2 heterocycles. The number of nitrogens with zero attached hydrogens (tertiary/aromatic N) is 1. The summed E-state index contributed by atoms with van der Waals surface area (Å²) in [5.74, 6) is 1.02. The molecule has 4 nitrogen and oxygen atoms in total. The molecule has 1 N–H and O–H groups in total. The lowest BCUT2D eigenvalue weighted by Crippen LogP contribution is -2.56. The van der Waals surface area contributed by atoms with Gasteiger partial charge in [-0.15, -0.1) is 0 Å². The van der Waals surface area contributed by atoms with E-state index >= 15 is 0 Å². The van der Waals surface area contributed by atoms with Crippen molar-refractivity contribution < 1.29 is 9.53 Å². The third-order valence-electron chi connectivity index (χ3n) is 6.04. The monoisotopic (exact) mass is 364 g/mol. The molecule has 0 aromatic heterocycles. The van der Waals surface area contributed by atoms with Crippen LogP contribution in [-0.2, 0) is 6.54 Å². The van der Waals surface area contributed by atoms with Crippen LogP contribution in [0.2, 0.25) is 0 Å². The molecular formula is C23H28N2O2. The fourth-order valence-electron chi connectivity index (χ4n) is 4.74. The van der Waals surface area contributed by atoms with E-state index in [1.54, 1.807) is 7.11 Å². The first-order valence-corrected chi connectivity index (χ1v) is 9.98. The number of hydrogen-bond donors (Lipinski definition) is 1. The highest BCUT2D eigenvalue weighted by atomic mass is 16.5. The quantitative estimate of drug-likeness (QED) is 0.872. The minimum Gasteiger partial charge on any atom is -0.496 e. The molecule has 27 heavy (non-hydrogen) atoms. The van der Waals surface area contributed by atoms with Crippen molar-refractivity contribution in [2.45, 2.75) is 56.8 Å². The number of methoxy groups -OCH3 is 1. The van der Waals surface area contributed by atoms with Gasteiger partial charge >= 0.3 is 0 Å². The van der Waals surface area contributed by atoms with Crippen LogP contribution in [0.1, 0.15) is 48.0 Å². The SMILES string of the molecule is COc1ccccc1CN1C2CCCC1CC(NC(=O)c1ccccc1)C2. The Morgan fingerprint density at radius 1 is 1.04 bits per heavy atom. The van der Waals surface area contributed by atoms with Crippen LogP contribution in [0.4, 0.5) is 0 Å². The molecule has 2 aromatic carbocycles. The topological polar surface area (TPSA) is 41.6 Å². The van der Waals surface area contributed by atoms with E-state index in [0.717, 1.165) is 30.7 Å². The largest absolute Gasteiger partial charge is 0.496 e. The van der Waals surface area contributed by atoms with Gasteiger partial charge < -0.3 is 10.1 Å². The van der Waals surface area contributed by atoms with Crippen LogP contribution in [0.25, 0.3) is 0 Å². The van der Waals surface area contributed by atoms with Gasteiger partial charge in [0.15, 0.2) is 0 Å². The van der Waals surface area contributed by atoms with Crippen molar-refractivity contribution in [3.63, 3.8) is 0 Å². The fraction of sp³-hybridized carbons (Fsp3) is 0.435. The summed E-state index contributed by atoms with van der Waals surface area (Å²) < 4.78 is 5.55. The van der Waals surface area contributed by atoms with E-state index in [1.165, 1.54) is 24.8 Å². The Morgan fingerprint density at radius 3 is 2.41 bits per heavy atom. The summed E-state index contributed by atoms with van der Waals surface area (Å²) in [5, 5.41) is 3.28. The first-order valence-electron chi connectivity index (χ1n) is 9.98. The molecule has 0 aliphatic carbocycles. The molecule has 2 atom stereocenters. The zero-order valence-corrected chi connectivity index (χ0v) is 15.9. The van der Waals surface area contributed by atoms with E-state index in [1.807, 2.05) is 42.5 Å². The van der Waals surface area contributed by atoms with Gasteiger partial charge in [0.2, 0.25) is 0 Å². The number of ether oxygens (including phenoxy) is 1. The minimum absolute atomic E-state index is 0.0526. The molecule has 4 heteroatoms. The van der Waals surface area contributed by atoms with Crippen LogP contribution in [-0.4, -0.2) is 36.0 Å². The average molecular weight is 364 g/mol. The van der Waals surface area contributed by atoms with Crippen molar-refractivity contribution in [2.24, 2.45) is 0 Å². The molecule has 4 rings (SSSR count). The van der Waals surface area contributed by atoms with Gasteiger partial charge in [-0.05, 0) is 43.9 Å². The molecule has 2 fully saturated rings. The maximum atomic E-state index is 12.5. The second-order valence-electron chi connectivity index (χ2n) is 7.73. The van der Waals surface area contributed by atoms with Gasteiger partial charge in [-0.2, -0.15) is 0 Å². The zero-order valence-electron chi connectivity index (χ0n) is 15.9. The summed E-state index contributed by atoms with van der Waals surface area (Å²) in [4.78, 5) is 15.2. The van der Waals surface area contributed by atoms with Crippen LogP contribution in [0.3, 0.4) is 0 Å². The number of carbonyl (C=O) groups excluding carboxylic acids is 1. The molecule has 2 aromatic rings. The Kier molecular flexibility index (Phi) is 5.44. The predicted octanol–water partition coefficient (Wildman–Crippen LogP) is 4.01. The van der Waals surface area contributed by atoms with Crippen molar-refractivity contribution in [1.82, 2.24) is 10.2 Å². The molecule has 2 aliphatic rings. The second kappa shape index (κ2) is 8.13. The van der Waals surface area contributed by atoms with Crippen molar-refractivity contribution in [3.8, 4) is 5.75 Å². The van der Waals surface area contributed by atoms with Gasteiger partial charge in [0.05, 0.1) is 7.11 Å². The van der Waals surface area contributed by atoms with E-state index in [4.69, 9.17) is 4.74 Å². The van der Waals surface area contributed by atoms with Gasteiger partial charge in [-0.1, -0.05) is 42.8 Å². The number of rotatable bonds is 5. The number of benzene rings is 2. The number of para-hydroxylation sites is 1. The normalized spacial score (nSPS) is 25.0. The van der Waals surface area contributed by atoms with Gasteiger partial charge in [-0.3, -0.25) is 9.69 Å². The Hall–Kier alpha value is -2.33. The lowest BCUT2D eigenvalue weighted by atomic mass is 9.81. The summed E-state index contributed by atoms with van der Waals surface area (Å²) >= 11 is 0. The maximum absolute atomic E-state index is 12.5. The van der Waals surface area contributed by atoms with Crippen molar-refractivity contribution in [3.05, 3.63) is 65.7 Å². The molecular weight excluding hydrogens is 336 g/mol. The Morgan fingerprint density at radius 2 is 1.70 bits per heavy atom. The third-order valence-corrected chi connectivity index (χ3v) is 6.04. The van der Waals surface area contributed by atoms with Crippen LogP contribution in [0.5, 0.6) is 5.75 Å². The number of hydrogen-bond acceptors (Lipinski definition) is 3. The number of fused-ring (bicyclic) bond motifs is 2. The highest BCUT2D eigenvalue weighted by molar-refractivity contribution is 5.94. The predicted molar refractivity (Wildman–Crippen MR) is 107 cm³/mol. The molecule has 2 bridgehead atoms. The number of carbonyl (C=O) groups is 1. The number of nitrogens with one attached hydrogen (secondary N) is 1. The van der Waals surface area contributed by atoms with E-state index in [0.29, 0.717) is 12.1 Å². The first kappa shape index (κ1) is 18.1. The van der Waals surface area contributed by atoms with Gasteiger partial charge in [0, 0.05) is 35.8 Å². The number of amides is 1. The van der Waals surface area contributed by atoms with Crippen LogP contribution >= 0.6 is 0 Å². The van der Waals surface area contributed by atoms with E-state index in [-0.39, 0.29) is 11.9 Å². The van der Waals surface area contributed by atoms with E-state index in [2.05, 4.69) is 22.3 Å². The minimum atomic E-state index is 0.0526. The highest BCUT2D eigenvalue weighted by Crippen LogP contribution is 2.36. The summed E-state index contributed by atoms with van der Waals surface area (Å²) in [6.45, 7) is 0.929. The Labute approximate surface area is 161 Å². The second-order valence-corrected chi connectivity index (χ2v) is 7.73. The van der Waals surface area contributed by atoms with E-state index in [9.17, 15) is 4.79 Å². The summed E-state index contributed by atoms with van der Waals surface area (Å²) in [5.41, 5.74) is 2.00. The first-order chi connectivity index (χ1) is 13.2. The molecule has 2 saturated heterocycles. The highest BCUT2D eigenvalue weighted by Gasteiger charge is 2.38. The smallest absolute Gasteiger partial charge is 0.251 e. The Bertz CT molecular complexity index is 763. The maximum Gasteiger partial charge on any atom is 0.251 e. The summed E-state index contributed by atoms with van der Waals surface area (Å²) in [7, 11) is 1.74. The molecule has 1 amide bonds. The molecule has 0 radical (unpaired) electrons. The molecule has 142 valence electrons. The van der Waals surface area contributed by atoms with Crippen LogP contribution < -0.4 is 10.1 Å². The van der Waals surface area contributed by atoms with Crippen molar-refractivity contribution in [2.75, 3.05) is 7.11 Å².